The van der Waals surface area contributed by atoms with E-state index in [2.05, 4.69) is 20.2 Å². The minimum absolute atomic E-state index is 0.112. The van der Waals surface area contributed by atoms with E-state index in [1.807, 2.05) is 6.07 Å². The van der Waals surface area contributed by atoms with Gasteiger partial charge in [0.05, 0.1) is 22.0 Å². The number of nitrogens with zero attached hydrogens (tertiary/aromatic N) is 3. The van der Waals surface area contributed by atoms with Crippen LogP contribution in [-0.2, 0) is 6.54 Å². The van der Waals surface area contributed by atoms with Crippen molar-refractivity contribution in [3.05, 3.63) is 88.0 Å². The number of hydrogen-bond acceptors (Lipinski definition) is 4. The van der Waals surface area contributed by atoms with E-state index in [0.717, 1.165) is 25.1 Å². The van der Waals surface area contributed by atoms with Gasteiger partial charge in [0.15, 0.2) is 0 Å². The number of anilines is 1. The standard InChI is InChI=1S/C23H21ClF2N4O/c1-14-17(23(31)29-21-5-3-2-4-19(21)25)11-27-22(28-14)16-8-9-30(13-16)12-15-6-7-18(24)20(26)10-15/h2-7,10-11,16H,8-9,12-13H2,1H3,(H,29,31). The summed E-state index contributed by atoms with van der Waals surface area (Å²) in [6, 6.07) is 10.8. The Kier molecular flexibility index (Phi) is 6.25. The van der Waals surface area contributed by atoms with Crippen LogP contribution in [0.1, 0.15) is 39.8 Å². The Hall–Kier alpha value is -2.90. The number of aryl methyl sites for hydroxylation is 1. The third-order valence-electron chi connectivity index (χ3n) is 5.39. The van der Waals surface area contributed by atoms with E-state index < -0.39 is 17.5 Å². The molecule has 8 heteroatoms. The van der Waals surface area contributed by atoms with Crippen LogP contribution in [0.2, 0.25) is 5.02 Å². The molecule has 1 unspecified atom stereocenters. The highest BCUT2D eigenvalue weighted by Crippen LogP contribution is 2.27. The van der Waals surface area contributed by atoms with Crippen LogP contribution >= 0.6 is 11.6 Å². The number of amides is 1. The van der Waals surface area contributed by atoms with Gasteiger partial charge in [0.25, 0.3) is 5.91 Å². The van der Waals surface area contributed by atoms with Crippen LogP contribution in [0.15, 0.2) is 48.7 Å². The summed E-state index contributed by atoms with van der Waals surface area (Å²) in [6.45, 7) is 3.94. The number of benzene rings is 2. The van der Waals surface area contributed by atoms with Crippen LogP contribution < -0.4 is 5.32 Å². The molecule has 1 aliphatic rings. The molecule has 5 nitrogen and oxygen atoms in total. The molecule has 0 bridgehead atoms. The monoisotopic (exact) mass is 442 g/mol. The molecule has 1 aromatic heterocycles. The second kappa shape index (κ2) is 9.08. The maximum absolute atomic E-state index is 13.8. The largest absolute Gasteiger partial charge is 0.319 e. The lowest BCUT2D eigenvalue weighted by Gasteiger charge is -2.16. The van der Waals surface area contributed by atoms with Crippen molar-refractivity contribution in [2.45, 2.75) is 25.8 Å². The number of nitrogens with one attached hydrogen (secondary N) is 1. The summed E-state index contributed by atoms with van der Waals surface area (Å²) in [5, 5.41) is 2.67. The van der Waals surface area contributed by atoms with E-state index in [1.165, 1.54) is 24.4 Å². The van der Waals surface area contributed by atoms with Crippen molar-refractivity contribution in [3.63, 3.8) is 0 Å². The summed E-state index contributed by atoms with van der Waals surface area (Å²) in [4.78, 5) is 23.7. The number of carbonyl (C=O) groups excluding carboxylic acids is 1. The SMILES string of the molecule is Cc1nc(C2CCN(Cc3ccc(Cl)c(F)c3)C2)ncc1C(=O)Nc1ccccc1F. The van der Waals surface area contributed by atoms with E-state index in [4.69, 9.17) is 11.6 Å². The molecule has 1 fully saturated rings. The Morgan fingerprint density at radius 3 is 2.77 bits per heavy atom. The topological polar surface area (TPSA) is 58.1 Å². The normalized spacial score (nSPS) is 16.5. The third-order valence-corrected chi connectivity index (χ3v) is 5.70. The fourth-order valence-electron chi connectivity index (χ4n) is 3.74. The second-order valence-corrected chi connectivity index (χ2v) is 8.04. The zero-order valence-electron chi connectivity index (χ0n) is 16.9. The molecule has 0 saturated carbocycles. The first-order valence-corrected chi connectivity index (χ1v) is 10.3. The summed E-state index contributed by atoms with van der Waals surface area (Å²) in [5.41, 5.74) is 1.82. The van der Waals surface area contributed by atoms with E-state index >= 15 is 0 Å². The molecule has 31 heavy (non-hydrogen) atoms. The predicted octanol–water partition coefficient (Wildman–Crippen LogP) is 4.96. The van der Waals surface area contributed by atoms with Crippen molar-refractivity contribution in [1.82, 2.24) is 14.9 Å². The van der Waals surface area contributed by atoms with Crippen molar-refractivity contribution in [1.29, 1.82) is 0 Å². The first kappa shape index (κ1) is 21.3. The molecule has 0 aliphatic carbocycles. The molecule has 1 saturated heterocycles. The molecule has 4 rings (SSSR count). The molecule has 1 amide bonds. The second-order valence-electron chi connectivity index (χ2n) is 7.63. The molecular weight excluding hydrogens is 422 g/mol. The lowest BCUT2D eigenvalue weighted by atomic mass is 10.1. The first-order chi connectivity index (χ1) is 14.9. The van der Waals surface area contributed by atoms with Gasteiger partial charge in [-0.2, -0.15) is 0 Å². The third kappa shape index (κ3) is 4.89. The Morgan fingerprint density at radius 1 is 1.23 bits per heavy atom. The molecule has 2 heterocycles. The summed E-state index contributed by atoms with van der Waals surface area (Å²) in [7, 11) is 0. The summed E-state index contributed by atoms with van der Waals surface area (Å²) >= 11 is 5.75. The van der Waals surface area contributed by atoms with E-state index in [1.54, 1.807) is 25.1 Å². The first-order valence-electron chi connectivity index (χ1n) is 9.96. The van der Waals surface area contributed by atoms with Gasteiger partial charge < -0.3 is 5.32 Å². The average molecular weight is 443 g/mol. The molecule has 0 radical (unpaired) electrons. The van der Waals surface area contributed by atoms with Crippen molar-refractivity contribution >= 4 is 23.2 Å². The minimum atomic E-state index is -0.502. The van der Waals surface area contributed by atoms with Gasteiger partial charge in [0, 0.05) is 25.2 Å². The Morgan fingerprint density at radius 2 is 2.03 bits per heavy atom. The fraction of sp³-hybridized carbons (Fsp3) is 0.261. The van der Waals surface area contributed by atoms with Crippen LogP contribution in [0.4, 0.5) is 14.5 Å². The number of halogens is 3. The summed E-state index contributed by atoms with van der Waals surface area (Å²) in [6.07, 6.45) is 2.36. The number of rotatable bonds is 5. The molecule has 1 N–H and O–H groups in total. The highest BCUT2D eigenvalue weighted by molar-refractivity contribution is 6.30. The van der Waals surface area contributed by atoms with Crippen LogP contribution in [0.25, 0.3) is 0 Å². The minimum Gasteiger partial charge on any atom is -0.319 e. The van der Waals surface area contributed by atoms with Crippen molar-refractivity contribution in [3.8, 4) is 0 Å². The molecule has 0 spiro atoms. The van der Waals surface area contributed by atoms with Gasteiger partial charge in [0.2, 0.25) is 0 Å². The van der Waals surface area contributed by atoms with Crippen LogP contribution in [0.3, 0.4) is 0 Å². The van der Waals surface area contributed by atoms with E-state index in [9.17, 15) is 13.6 Å². The highest BCUT2D eigenvalue weighted by Gasteiger charge is 2.27. The van der Waals surface area contributed by atoms with Gasteiger partial charge in [-0.1, -0.05) is 29.8 Å². The zero-order valence-corrected chi connectivity index (χ0v) is 17.7. The highest BCUT2D eigenvalue weighted by atomic mass is 35.5. The summed E-state index contributed by atoms with van der Waals surface area (Å²) < 4.78 is 27.5. The zero-order chi connectivity index (χ0) is 22.0. The van der Waals surface area contributed by atoms with E-state index in [0.29, 0.717) is 23.6 Å². The number of carbonyl (C=O) groups is 1. The lowest BCUT2D eigenvalue weighted by Crippen LogP contribution is -2.21. The van der Waals surface area contributed by atoms with Crippen LogP contribution in [0, 0.1) is 18.6 Å². The molecule has 2 aromatic carbocycles. The van der Waals surface area contributed by atoms with Crippen LogP contribution in [-0.4, -0.2) is 33.9 Å². The molecule has 1 atom stereocenters. The lowest BCUT2D eigenvalue weighted by molar-refractivity contribution is 0.102. The van der Waals surface area contributed by atoms with Crippen LogP contribution in [0.5, 0.6) is 0 Å². The molecule has 1 aliphatic heterocycles. The van der Waals surface area contributed by atoms with Crippen molar-refractivity contribution in [2.75, 3.05) is 18.4 Å². The Balaban J connectivity index is 1.41. The summed E-state index contributed by atoms with van der Waals surface area (Å²) in [5.74, 6) is -0.577. The molecular formula is C23H21ClF2N4O. The smallest absolute Gasteiger partial charge is 0.259 e. The fourth-order valence-corrected chi connectivity index (χ4v) is 3.86. The average Bonchev–Trinajstić information content (AvgIpc) is 3.21. The quantitative estimate of drug-likeness (QED) is 0.606. The van der Waals surface area contributed by atoms with Gasteiger partial charge in [-0.25, -0.2) is 18.7 Å². The predicted molar refractivity (Wildman–Crippen MR) is 115 cm³/mol. The maximum atomic E-state index is 13.8. The van der Waals surface area contributed by atoms with Crippen molar-refractivity contribution in [2.24, 2.45) is 0 Å². The van der Waals surface area contributed by atoms with E-state index in [-0.39, 0.29) is 16.6 Å². The Bertz CT molecular complexity index is 1120. The number of hydrogen-bond donors (Lipinski definition) is 1. The number of likely N-dealkylation sites (tertiary alicyclic amines) is 1. The Labute approximate surface area is 184 Å². The van der Waals surface area contributed by atoms with Gasteiger partial charge in [-0.15, -0.1) is 0 Å². The van der Waals surface area contributed by atoms with Crippen molar-refractivity contribution < 1.29 is 13.6 Å². The molecule has 3 aromatic rings. The van der Waals surface area contributed by atoms with Gasteiger partial charge >= 0.3 is 0 Å². The molecule has 160 valence electrons. The van der Waals surface area contributed by atoms with Gasteiger partial charge in [0.1, 0.15) is 17.5 Å². The number of aromatic nitrogens is 2. The van der Waals surface area contributed by atoms with Gasteiger partial charge in [-0.05, 0) is 49.7 Å². The maximum Gasteiger partial charge on any atom is 0.259 e. The van der Waals surface area contributed by atoms with Gasteiger partial charge in [-0.3, -0.25) is 9.69 Å². The number of para-hydroxylation sites is 1.